The lowest BCUT2D eigenvalue weighted by Gasteiger charge is -2.21. The molecule has 0 radical (unpaired) electrons. The van der Waals surface area contributed by atoms with E-state index in [0.29, 0.717) is 10.1 Å². The third-order valence-corrected chi connectivity index (χ3v) is 4.57. The van der Waals surface area contributed by atoms with E-state index < -0.39 is 34.4 Å². The van der Waals surface area contributed by atoms with E-state index >= 15 is 8.78 Å². The van der Waals surface area contributed by atoms with Crippen molar-refractivity contribution < 1.29 is 17.6 Å². The van der Waals surface area contributed by atoms with E-state index in [1.54, 1.807) is 7.05 Å². The van der Waals surface area contributed by atoms with Gasteiger partial charge in [0.05, 0.1) is 23.0 Å². The van der Waals surface area contributed by atoms with Crippen molar-refractivity contribution in [1.82, 2.24) is 24.5 Å². The summed E-state index contributed by atoms with van der Waals surface area (Å²) in [6, 6.07) is 5.60. The van der Waals surface area contributed by atoms with Crippen LogP contribution in [-0.2, 0) is 13.0 Å². The number of nitrogens with one attached hydrogen (secondary N) is 1. The average molecular weight is 429 g/mol. The summed E-state index contributed by atoms with van der Waals surface area (Å²) in [5.41, 5.74) is -0.822. The van der Waals surface area contributed by atoms with Crippen LogP contribution in [-0.4, -0.2) is 37.4 Å². The van der Waals surface area contributed by atoms with Crippen LogP contribution in [0.15, 0.2) is 53.9 Å². The van der Waals surface area contributed by atoms with Gasteiger partial charge >= 0.3 is 5.92 Å². The number of aliphatic imine (C=N–C) groups is 1. The zero-order valence-electron chi connectivity index (χ0n) is 16.3. The molecule has 0 fully saturated rings. The standard InChI is InChI=1S/C20H15F4N7/c1-26-19(20(23,24)14-6-12-10-30(2)28-17(12)7-15(14)22)31-18(25)4-3-16(29-31)11-5-13(21)9-27-8-11/h3-10,25H,1-2H3. The second-order valence-corrected chi connectivity index (χ2v) is 6.72. The minimum Gasteiger partial charge on any atom is -0.283 e. The highest BCUT2D eigenvalue weighted by Crippen LogP contribution is 2.34. The van der Waals surface area contributed by atoms with Crippen LogP contribution in [0, 0.1) is 17.0 Å². The van der Waals surface area contributed by atoms with Crippen molar-refractivity contribution in [1.29, 1.82) is 5.41 Å². The molecule has 1 N–H and O–H groups in total. The predicted molar refractivity (Wildman–Crippen MR) is 105 cm³/mol. The topological polar surface area (TPSA) is 84.7 Å². The smallest absolute Gasteiger partial charge is 0.283 e. The average Bonchev–Trinajstić information content (AvgIpc) is 3.08. The molecule has 4 rings (SSSR count). The monoisotopic (exact) mass is 429 g/mol. The minimum atomic E-state index is -3.94. The maximum atomic E-state index is 15.5. The van der Waals surface area contributed by atoms with Gasteiger partial charge in [0.15, 0.2) is 0 Å². The van der Waals surface area contributed by atoms with Crippen molar-refractivity contribution in [2.75, 3.05) is 7.05 Å². The maximum absolute atomic E-state index is 15.5. The van der Waals surface area contributed by atoms with Gasteiger partial charge in [-0.3, -0.25) is 20.1 Å². The molecular weight excluding hydrogens is 414 g/mol. The van der Waals surface area contributed by atoms with Gasteiger partial charge in [-0.05, 0) is 24.3 Å². The van der Waals surface area contributed by atoms with E-state index in [9.17, 15) is 8.78 Å². The molecule has 1 aromatic carbocycles. The van der Waals surface area contributed by atoms with Crippen molar-refractivity contribution >= 4 is 16.7 Å². The summed E-state index contributed by atoms with van der Waals surface area (Å²) in [6.07, 6.45) is 3.77. The summed E-state index contributed by atoms with van der Waals surface area (Å²) in [5, 5.41) is 16.4. The first-order valence-electron chi connectivity index (χ1n) is 8.95. The van der Waals surface area contributed by atoms with Gasteiger partial charge in [0.25, 0.3) is 0 Å². The molecule has 0 aliphatic carbocycles. The molecule has 0 aliphatic rings. The Labute approximate surface area is 172 Å². The van der Waals surface area contributed by atoms with Gasteiger partial charge in [-0.2, -0.15) is 23.7 Å². The largest absolute Gasteiger partial charge is 0.334 e. The van der Waals surface area contributed by atoms with Crippen LogP contribution in [0.5, 0.6) is 0 Å². The summed E-state index contributed by atoms with van der Waals surface area (Å²) >= 11 is 0. The molecule has 4 aromatic rings. The lowest BCUT2D eigenvalue weighted by atomic mass is 10.0. The van der Waals surface area contributed by atoms with Gasteiger partial charge in [-0.25, -0.2) is 8.78 Å². The zero-order chi connectivity index (χ0) is 22.3. The van der Waals surface area contributed by atoms with E-state index in [2.05, 4.69) is 20.2 Å². The fourth-order valence-corrected chi connectivity index (χ4v) is 3.19. The van der Waals surface area contributed by atoms with E-state index in [1.807, 2.05) is 0 Å². The molecule has 3 aromatic heterocycles. The van der Waals surface area contributed by atoms with Crippen molar-refractivity contribution in [3.8, 4) is 11.3 Å². The van der Waals surface area contributed by atoms with Gasteiger partial charge in [0.1, 0.15) is 17.1 Å². The van der Waals surface area contributed by atoms with Gasteiger partial charge < -0.3 is 0 Å². The summed E-state index contributed by atoms with van der Waals surface area (Å²) < 4.78 is 61.0. The van der Waals surface area contributed by atoms with Gasteiger partial charge in [0.2, 0.25) is 5.84 Å². The third kappa shape index (κ3) is 3.58. The second kappa shape index (κ2) is 7.42. The number of fused-ring (bicyclic) bond motifs is 1. The molecule has 0 spiro atoms. The first kappa shape index (κ1) is 20.4. The van der Waals surface area contributed by atoms with Crippen LogP contribution >= 0.6 is 0 Å². The number of aryl methyl sites for hydroxylation is 1. The molecule has 7 nitrogen and oxygen atoms in total. The molecule has 31 heavy (non-hydrogen) atoms. The zero-order valence-corrected chi connectivity index (χ0v) is 16.3. The Morgan fingerprint density at radius 3 is 2.58 bits per heavy atom. The molecule has 0 atom stereocenters. The highest BCUT2D eigenvalue weighted by molar-refractivity contribution is 5.92. The Bertz CT molecular complexity index is 1390. The van der Waals surface area contributed by atoms with Crippen LogP contribution in [0.25, 0.3) is 22.2 Å². The summed E-state index contributed by atoms with van der Waals surface area (Å²) in [4.78, 5) is 7.33. The fourth-order valence-electron chi connectivity index (χ4n) is 3.19. The second-order valence-electron chi connectivity index (χ2n) is 6.72. The van der Waals surface area contributed by atoms with Crippen LogP contribution in [0.4, 0.5) is 17.6 Å². The molecule has 0 unspecified atom stereocenters. The van der Waals surface area contributed by atoms with Gasteiger partial charge in [-0.15, -0.1) is 0 Å². The lowest BCUT2D eigenvalue weighted by Crippen LogP contribution is -2.40. The SMILES string of the molecule is CN=C(n1nc(-c2cncc(F)c2)ccc1=N)C(F)(F)c1cc2cn(C)nc2cc1F. The number of halogens is 4. The third-order valence-electron chi connectivity index (χ3n) is 4.57. The lowest BCUT2D eigenvalue weighted by molar-refractivity contribution is 0.0665. The molecule has 158 valence electrons. The van der Waals surface area contributed by atoms with Crippen LogP contribution < -0.4 is 5.49 Å². The maximum Gasteiger partial charge on any atom is 0.334 e. The quantitative estimate of drug-likeness (QED) is 0.308. The molecule has 11 heteroatoms. The summed E-state index contributed by atoms with van der Waals surface area (Å²) in [7, 11) is 2.68. The van der Waals surface area contributed by atoms with E-state index in [1.165, 1.54) is 29.2 Å². The Balaban J connectivity index is 1.86. The molecule has 3 heterocycles. The number of hydrogen-bond donors (Lipinski definition) is 1. The number of alkyl halides is 2. The van der Waals surface area contributed by atoms with Gasteiger partial charge in [0, 0.05) is 43.5 Å². The van der Waals surface area contributed by atoms with Crippen molar-refractivity contribution in [3.05, 3.63) is 71.6 Å². The molecular formula is C20H15F4N7. The fraction of sp³-hybridized carbons (Fsp3) is 0.150. The molecule has 0 saturated heterocycles. The molecule has 0 bridgehead atoms. The Morgan fingerprint density at radius 1 is 1.10 bits per heavy atom. The number of rotatable bonds is 3. The Morgan fingerprint density at radius 2 is 1.87 bits per heavy atom. The van der Waals surface area contributed by atoms with Crippen LogP contribution in [0.3, 0.4) is 0 Å². The van der Waals surface area contributed by atoms with Crippen LogP contribution in [0.2, 0.25) is 0 Å². The number of pyridine rings is 1. The van der Waals surface area contributed by atoms with E-state index in [0.717, 1.165) is 31.4 Å². The van der Waals surface area contributed by atoms with Crippen molar-refractivity contribution in [3.63, 3.8) is 0 Å². The summed E-state index contributed by atoms with van der Waals surface area (Å²) in [5.74, 6) is -6.71. The molecule has 0 amide bonds. The number of benzene rings is 1. The van der Waals surface area contributed by atoms with E-state index in [-0.39, 0.29) is 16.8 Å². The van der Waals surface area contributed by atoms with Crippen LogP contribution in [0.1, 0.15) is 5.56 Å². The van der Waals surface area contributed by atoms with Crippen molar-refractivity contribution in [2.45, 2.75) is 5.92 Å². The number of aromatic nitrogens is 5. The minimum absolute atomic E-state index is 0.0862. The molecule has 0 saturated carbocycles. The normalized spacial score (nSPS) is 12.5. The first-order chi connectivity index (χ1) is 14.7. The molecule has 0 aliphatic heterocycles. The summed E-state index contributed by atoms with van der Waals surface area (Å²) in [6.45, 7) is 0. The predicted octanol–water partition coefficient (Wildman–Crippen LogP) is 3.26. The Kier molecular flexibility index (Phi) is 4.88. The number of nitrogens with zero attached hydrogens (tertiary/aromatic N) is 6. The number of hydrogen-bond acceptors (Lipinski definition) is 5. The van der Waals surface area contributed by atoms with Crippen molar-refractivity contribution in [2.24, 2.45) is 12.0 Å². The van der Waals surface area contributed by atoms with Gasteiger partial charge in [-0.1, -0.05) is 0 Å². The first-order valence-corrected chi connectivity index (χ1v) is 8.95. The van der Waals surface area contributed by atoms with E-state index in [4.69, 9.17) is 5.41 Å². The highest BCUT2D eigenvalue weighted by atomic mass is 19.3. The highest BCUT2D eigenvalue weighted by Gasteiger charge is 2.43. The Hall–Kier alpha value is -3.89.